The Bertz CT molecular complexity index is 405. The van der Waals surface area contributed by atoms with Gasteiger partial charge in [0.15, 0.2) is 0 Å². The first-order valence-corrected chi connectivity index (χ1v) is 5.46. The standard InChI is InChI=1S/C11H13NO4/c1-2-12-5-11-4-3-6(16-11)7(10(14)15)8(11)9(12)13/h3-4,6-8H,2,5H2,1H3,(H,14,15)/p-1/t6-,7-,8+,11-/m0/s1. The molecule has 1 amide bonds. The molecule has 4 atom stereocenters. The van der Waals surface area contributed by atoms with Gasteiger partial charge >= 0.3 is 0 Å². The van der Waals surface area contributed by atoms with Crippen LogP contribution in [0.2, 0.25) is 0 Å². The van der Waals surface area contributed by atoms with Gasteiger partial charge in [-0.15, -0.1) is 0 Å². The van der Waals surface area contributed by atoms with E-state index in [1.807, 2.05) is 13.0 Å². The number of carbonyl (C=O) groups excluding carboxylic acids is 2. The molecule has 0 radical (unpaired) electrons. The van der Waals surface area contributed by atoms with Crippen LogP contribution in [0.15, 0.2) is 12.2 Å². The number of aliphatic carboxylic acids is 1. The van der Waals surface area contributed by atoms with Crippen molar-refractivity contribution >= 4 is 11.9 Å². The molecule has 5 nitrogen and oxygen atoms in total. The first-order chi connectivity index (χ1) is 7.59. The lowest BCUT2D eigenvalue weighted by Gasteiger charge is -2.24. The lowest BCUT2D eigenvalue weighted by molar-refractivity contribution is -0.313. The molecular formula is C11H12NO4-. The van der Waals surface area contributed by atoms with E-state index in [4.69, 9.17) is 4.74 Å². The van der Waals surface area contributed by atoms with Gasteiger partial charge in [-0.25, -0.2) is 0 Å². The Balaban J connectivity index is 2.03. The Morgan fingerprint density at radius 2 is 2.50 bits per heavy atom. The van der Waals surface area contributed by atoms with Crippen LogP contribution in [0.5, 0.6) is 0 Å². The van der Waals surface area contributed by atoms with Crippen molar-refractivity contribution in [2.75, 3.05) is 13.1 Å². The number of fused-ring (bicyclic) bond motifs is 1. The second kappa shape index (κ2) is 2.85. The Morgan fingerprint density at radius 1 is 1.75 bits per heavy atom. The van der Waals surface area contributed by atoms with Crippen molar-refractivity contribution in [2.45, 2.75) is 18.6 Å². The highest BCUT2D eigenvalue weighted by Gasteiger charge is 2.64. The third-order valence-corrected chi connectivity index (χ3v) is 3.83. The molecule has 2 saturated heterocycles. The molecule has 0 aliphatic carbocycles. The minimum atomic E-state index is -1.19. The van der Waals surface area contributed by atoms with Gasteiger partial charge in [-0.2, -0.15) is 0 Å². The van der Waals surface area contributed by atoms with E-state index in [1.54, 1.807) is 11.0 Å². The van der Waals surface area contributed by atoms with Crippen LogP contribution in [-0.2, 0) is 14.3 Å². The van der Waals surface area contributed by atoms with E-state index in [0.29, 0.717) is 13.1 Å². The summed E-state index contributed by atoms with van der Waals surface area (Å²) in [6, 6.07) is 0. The molecule has 0 aromatic carbocycles. The van der Waals surface area contributed by atoms with Crippen molar-refractivity contribution in [2.24, 2.45) is 11.8 Å². The summed E-state index contributed by atoms with van der Waals surface area (Å²) in [5, 5.41) is 11.1. The molecule has 3 rings (SSSR count). The Morgan fingerprint density at radius 3 is 3.12 bits per heavy atom. The highest BCUT2D eigenvalue weighted by molar-refractivity contribution is 5.90. The first kappa shape index (κ1) is 9.84. The molecule has 86 valence electrons. The molecule has 2 fully saturated rings. The van der Waals surface area contributed by atoms with Gasteiger partial charge in [0.25, 0.3) is 0 Å². The van der Waals surface area contributed by atoms with Gasteiger partial charge in [0.2, 0.25) is 5.91 Å². The second-order valence-electron chi connectivity index (χ2n) is 4.57. The Kier molecular flexibility index (Phi) is 1.75. The number of likely N-dealkylation sites (tertiary alicyclic amines) is 1. The zero-order valence-corrected chi connectivity index (χ0v) is 8.88. The van der Waals surface area contributed by atoms with Crippen LogP contribution in [-0.4, -0.2) is 41.6 Å². The number of hydrogen-bond acceptors (Lipinski definition) is 4. The fourth-order valence-corrected chi connectivity index (χ4v) is 3.11. The number of carbonyl (C=O) groups is 2. The first-order valence-electron chi connectivity index (χ1n) is 5.46. The van der Waals surface area contributed by atoms with E-state index < -0.39 is 29.5 Å². The van der Waals surface area contributed by atoms with Gasteiger partial charge in [0.1, 0.15) is 5.60 Å². The fourth-order valence-electron chi connectivity index (χ4n) is 3.11. The monoisotopic (exact) mass is 222 g/mol. The molecule has 3 aliphatic heterocycles. The van der Waals surface area contributed by atoms with E-state index in [0.717, 1.165) is 0 Å². The van der Waals surface area contributed by atoms with Crippen LogP contribution in [0.25, 0.3) is 0 Å². The summed E-state index contributed by atoms with van der Waals surface area (Å²) in [6.45, 7) is 2.92. The number of rotatable bonds is 2. The fraction of sp³-hybridized carbons (Fsp3) is 0.636. The van der Waals surface area contributed by atoms with Crippen LogP contribution in [0.4, 0.5) is 0 Å². The van der Waals surface area contributed by atoms with E-state index in [9.17, 15) is 14.7 Å². The van der Waals surface area contributed by atoms with Crippen molar-refractivity contribution in [3.05, 3.63) is 12.2 Å². The lowest BCUT2D eigenvalue weighted by atomic mass is 9.77. The Hall–Kier alpha value is -1.36. The van der Waals surface area contributed by atoms with Gasteiger partial charge in [-0.1, -0.05) is 12.2 Å². The summed E-state index contributed by atoms with van der Waals surface area (Å²) < 4.78 is 5.67. The largest absolute Gasteiger partial charge is 0.550 e. The van der Waals surface area contributed by atoms with Crippen molar-refractivity contribution in [1.29, 1.82) is 0 Å². The van der Waals surface area contributed by atoms with Crippen LogP contribution in [0.1, 0.15) is 6.92 Å². The lowest BCUT2D eigenvalue weighted by Crippen LogP contribution is -2.45. The zero-order valence-electron chi connectivity index (χ0n) is 8.88. The van der Waals surface area contributed by atoms with E-state index in [-0.39, 0.29) is 5.91 Å². The quantitative estimate of drug-likeness (QED) is 0.535. The van der Waals surface area contributed by atoms with Gasteiger partial charge in [-0.3, -0.25) is 4.79 Å². The van der Waals surface area contributed by atoms with Crippen molar-refractivity contribution in [1.82, 2.24) is 4.90 Å². The molecule has 3 heterocycles. The van der Waals surface area contributed by atoms with E-state index in [1.165, 1.54) is 0 Å². The smallest absolute Gasteiger partial charge is 0.229 e. The molecule has 0 N–H and O–H groups in total. The zero-order chi connectivity index (χ0) is 11.5. The predicted molar refractivity (Wildman–Crippen MR) is 51.0 cm³/mol. The maximum atomic E-state index is 12.0. The molecule has 1 spiro atoms. The number of carboxylic acids is 1. The number of nitrogens with zero attached hydrogens (tertiary/aromatic N) is 1. The maximum Gasteiger partial charge on any atom is 0.229 e. The molecule has 16 heavy (non-hydrogen) atoms. The number of carboxylic acid groups (broad SMARTS) is 1. The molecule has 3 aliphatic rings. The highest BCUT2D eigenvalue weighted by atomic mass is 16.5. The summed E-state index contributed by atoms with van der Waals surface area (Å²) in [4.78, 5) is 24.8. The summed E-state index contributed by atoms with van der Waals surface area (Å²) >= 11 is 0. The van der Waals surface area contributed by atoms with Gasteiger partial charge in [0, 0.05) is 18.4 Å². The van der Waals surface area contributed by atoms with Gasteiger partial charge in [0.05, 0.1) is 18.6 Å². The van der Waals surface area contributed by atoms with Crippen molar-refractivity contribution < 1.29 is 19.4 Å². The van der Waals surface area contributed by atoms with Crippen molar-refractivity contribution in [3.63, 3.8) is 0 Å². The predicted octanol–water partition coefficient (Wildman–Crippen LogP) is -1.46. The summed E-state index contributed by atoms with van der Waals surface area (Å²) in [5.74, 6) is -2.72. The number of ether oxygens (including phenoxy) is 1. The van der Waals surface area contributed by atoms with E-state index in [2.05, 4.69) is 0 Å². The summed E-state index contributed by atoms with van der Waals surface area (Å²) in [7, 11) is 0. The number of likely N-dealkylation sites (N-methyl/N-ethyl adjacent to an activating group) is 1. The molecule has 2 bridgehead atoms. The molecule has 0 aromatic rings. The van der Waals surface area contributed by atoms with Crippen LogP contribution < -0.4 is 5.11 Å². The second-order valence-corrected chi connectivity index (χ2v) is 4.57. The average molecular weight is 222 g/mol. The number of hydrogen-bond donors (Lipinski definition) is 0. The molecule has 0 aromatic heterocycles. The van der Waals surface area contributed by atoms with Gasteiger partial charge in [-0.05, 0) is 6.92 Å². The third-order valence-electron chi connectivity index (χ3n) is 3.83. The van der Waals surface area contributed by atoms with Crippen LogP contribution in [0.3, 0.4) is 0 Å². The van der Waals surface area contributed by atoms with E-state index >= 15 is 0 Å². The number of amides is 1. The maximum absolute atomic E-state index is 12.0. The molecule has 5 heteroatoms. The molecular weight excluding hydrogens is 210 g/mol. The third kappa shape index (κ3) is 0.942. The normalized spacial score (nSPS) is 44.2. The topological polar surface area (TPSA) is 69.7 Å². The SMILES string of the molecule is CCN1C[C@]23C=C[C@H](O2)[C@H](C(=O)[O-])[C@@H]3C1=O. The summed E-state index contributed by atoms with van der Waals surface area (Å²) in [6.07, 6.45) is 3.09. The summed E-state index contributed by atoms with van der Waals surface area (Å²) in [5.41, 5.74) is -0.706. The van der Waals surface area contributed by atoms with Gasteiger partial charge < -0.3 is 19.5 Å². The highest BCUT2D eigenvalue weighted by Crippen LogP contribution is 2.51. The average Bonchev–Trinajstić information content (AvgIpc) is 2.86. The minimum absolute atomic E-state index is 0.122. The molecule has 0 unspecified atom stereocenters. The van der Waals surface area contributed by atoms with Crippen molar-refractivity contribution in [3.8, 4) is 0 Å². The van der Waals surface area contributed by atoms with Crippen LogP contribution in [0, 0.1) is 11.8 Å². The van der Waals surface area contributed by atoms with Crippen LogP contribution >= 0.6 is 0 Å². The minimum Gasteiger partial charge on any atom is -0.550 e. The molecule has 0 saturated carbocycles. The Labute approximate surface area is 92.7 Å².